The summed E-state index contributed by atoms with van der Waals surface area (Å²) in [7, 11) is 1.89. The summed E-state index contributed by atoms with van der Waals surface area (Å²) in [5, 5.41) is 11.8. The summed E-state index contributed by atoms with van der Waals surface area (Å²) in [6.07, 6.45) is 1.71. The summed E-state index contributed by atoms with van der Waals surface area (Å²) in [5.74, 6) is 1.48. The summed E-state index contributed by atoms with van der Waals surface area (Å²) < 4.78 is 5.59. The smallest absolute Gasteiger partial charge is 0.175 e. The molecule has 0 bridgehead atoms. The second kappa shape index (κ2) is 6.60. The first-order valence-corrected chi connectivity index (χ1v) is 6.57. The SMILES string of the molecule is CCOc1cccnc1N(C)c1cccc(/C(N)=N/O)c1. The van der Waals surface area contributed by atoms with Gasteiger partial charge in [-0.05, 0) is 31.2 Å². The van der Waals surface area contributed by atoms with Crippen LogP contribution in [-0.2, 0) is 0 Å². The number of hydrogen-bond acceptors (Lipinski definition) is 5. The van der Waals surface area contributed by atoms with Gasteiger partial charge in [0.25, 0.3) is 0 Å². The van der Waals surface area contributed by atoms with Crippen LogP contribution in [0.3, 0.4) is 0 Å². The van der Waals surface area contributed by atoms with Crippen molar-refractivity contribution >= 4 is 17.3 Å². The molecule has 0 saturated carbocycles. The third-order valence-electron chi connectivity index (χ3n) is 3.01. The van der Waals surface area contributed by atoms with E-state index >= 15 is 0 Å². The maximum Gasteiger partial charge on any atom is 0.175 e. The van der Waals surface area contributed by atoms with E-state index < -0.39 is 0 Å². The highest BCUT2D eigenvalue weighted by Crippen LogP contribution is 2.30. The van der Waals surface area contributed by atoms with Gasteiger partial charge >= 0.3 is 0 Å². The van der Waals surface area contributed by atoms with Gasteiger partial charge in [-0.25, -0.2) is 4.98 Å². The number of hydrogen-bond donors (Lipinski definition) is 2. The van der Waals surface area contributed by atoms with Gasteiger partial charge in [-0.2, -0.15) is 0 Å². The number of nitrogens with zero attached hydrogens (tertiary/aromatic N) is 3. The summed E-state index contributed by atoms with van der Waals surface area (Å²) >= 11 is 0. The average molecular weight is 286 g/mol. The average Bonchev–Trinajstić information content (AvgIpc) is 2.54. The highest BCUT2D eigenvalue weighted by atomic mass is 16.5. The van der Waals surface area contributed by atoms with Crippen LogP contribution in [0.1, 0.15) is 12.5 Å². The largest absolute Gasteiger partial charge is 0.490 e. The minimum atomic E-state index is 0.0660. The molecule has 0 aliphatic carbocycles. The van der Waals surface area contributed by atoms with E-state index in [1.165, 1.54) is 0 Å². The van der Waals surface area contributed by atoms with E-state index in [0.29, 0.717) is 23.7 Å². The van der Waals surface area contributed by atoms with Crippen molar-refractivity contribution in [2.75, 3.05) is 18.6 Å². The van der Waals surface area contributed by atoms with Crippen molar-refractivity contribution in [1.82, 2.24) is 4.98 Å². The number of ether oxygens (including phenoxy) is 1. The maximum absolute atomic E-state index is 8.77. The van der Waals surface area contributed by atoms with Crippen LogP contribution < -0.4 is 15.4 Å². The van der Waals surface area contributed by atoms with E-state index in [2.05, 4.69) is 10.1 Å². The number of nitrogens with two attached hydrogens (primary N) is 1. The van der Waals surface area contributed by atoms with Crippen molar-refractivity contribution in [3.8, 4) is 5.75 Å². The lowest BCUT2D eigenvalue weighted by molar-refractivity contribution is 0.318. The zero-order valence-electron chi connectivity index (χ0n) is 12.0. The molecule has 0 saturated heterocycles. The fourth-order valence-electron chi connectivity index (χ4n) is 1.96. The normalized spacial score (nSPS) is 11.2. The van der Waals surface area contributed by atoms with Gasteiger partial charge in [-0.1, -0.05) is 17.3 Å². The Morgan fingerprint density at radius 3 is 2.90 bits per heavy atom. The van der Waals surface area contributed by atoms with Crippen LogP contribution in [0.5, 0.6) is 5.75 Å². The standard InChI is InChI=1S/C15H18N4O2/c1-3-21-13-8-5-9-17-15(13)19(2)12-7-4-6-11(10-12)14(16)18-20/h4-10,20H,3H2,1-2H3,(H2,16,18). The van der Waals surface area contributed by atoms with Crippen molar-refractivity contribution in [2.45, 2.75) is 6.92 Å². The van der Waals surface area contributed by atoms with Gasteiger partial charge in [0.15, 0.2) is 17.4 Å². The minimum absolute atomic E-state index is 0.0660. The van der Waals surface area contributed by atoms with Crippen molar-refractivity contribution in [1.29, 1.82) is 0 Å². The lowest BCUT2D eigenvalue weighted by Gasteiger charge is -2.21. The van der Waals surface area contributed by atoms with Crippen LogP contribution in [0, 0.1) is 0 Å². The fraction of sp³-hybridized carbons (Fsp3) is 0.200. The van der Waals surface area contributed by atoms with Crippen LogP contribution in [-0.4, -0.2) is 29.7 Å². The molecule has 2 rings (SSSR count). The molecule has 0 amide bonds. The highest BCUT2D eigenvalue weighted by Gasteiger charge is 2.12. The maximum atomic E-state index is 8.77. The molecule has 6 heteroatoms. The number of pyridine rings is 1. The van der Waals surface area contributed by atoms with Gasteiger partial charge in [-0.15, -0.1) is 0 Å². The zero-order chi connectivity index (χ0) is 15.2. The van der Waals surface area contributed by atoms with Crippen molar-refractivity contribution < 1.29 is 9.94 Å². The number of amidine groups is 1. The quantitative estimate of drug-likeness (QED) is 0.381. The first-order valence-electron chi connectivity index (χ1n) is 6.57. The molecule has 0 unspecified atom stereocenters. The third kappa shape index (κ3) is 3.22. The molecule has 0 aliphatic rings. The number of oxime groups is 1. The third-order valence-corrected chi connectivity index (χ3v) is 3.01. The van der Waals surface area contributed by atoms with Gasteiger partial charge in [-0.3, -0.25) is 0 Å². The minimum Gasteiger partial charge on any atom is -0.490 e. The summed E-state index contributed by atoms with van der Waals surface area (Å²) in [5.41, 5.74) is 7.12. The first kappa shape index (κ1) is 14.6. The molecular formula is C15H18N4O2. The van der Waals surface area contributed by atoms with E-state index in [-0.39, 0.29) is 5.84 Å². The lowest BCUT2D eigenvalue weighted by Crippen LogP contribution is -2.16. The second-order valence-electron chi connectivity index (χ2n) is 4.35. The molecule has 0 aliphatic heterocycles. The lowest BCUT2D eigenvalue weighted by atomic mass is 10.1. The van der Waals surface area contributed by atoms with Gasteiger partial charge in [0.05, 0.1) is 6.61 Å². The van der Waals surface area contributed by atoms with Gasteiger partial charge in [0.2, 0.25) is 0 Å². The monoisotopic (exact) mass is 286 g/mol. The molecule has 0 radical (unpaired) electrons. The van der Waals surface area contributed by atoms with E-state index in [9.17, 15) is 0 Å². The number of benzene rings is 1. The van der Waals surface area contributed by atoms with Gasteiger partial charge in [0, 0.05) is 24.5 Å². The molecule has 21 heavy (non-hydrogen) atoms. The van der Waals surface area contributed by atoms with E-state index in [0.717, 1.165) is 5.69 Å². The summed E-state index contributed by atoms with van der Waals surface area (Å²) in [4.78, 5) is 6.25. The Hall–Kier alpha value is -2.76. The Bertz CT molecular complexity index is 643. The molecule has 1 aromatic carbocycles. The summed E-state index contributed by atoms with van der Waals surface area (Å²) in [6, 6.07) is 11.0. The molecular weight excluding hydrogens is 268 g/mol. The number of aromatic nitrogens is 1. The van der Waals surface area contributed by atoms with Crippen molar-refractivity contribution in [3.63, 3.8) is 0 Å². The van der Waals surface area contributed by atoms with Crippen LogP contribution in [0.4, 0.5) is 11.5 Å². The zero-order valence-corrected chi connectivity index (χ0v) is 12.0. The van der Waals surface area contributed by atoms with Gasteiger partial charge < -0.3 is 20.6 Å². The Morgan fingerprint density at radius 2 is 2.19 bits per heavy atom. The van der Waals surface area contributed by atoms with Crippen LogP contribution in [0.25, 0.3) is 0 Å². The molecule has 0 fully saturated rings. The van der Waals surface area contributed by atoms with E-state index in [1.807, 2.05) is 49.2 Å². The first-order chi connectivity index (χ1) is 10.2. The number of rotatable bonds is 5. The Kier molecular flexibility index (Phi) is 4.61. The van der Waals surface area contributed by atoms with Crippen molar-refractivity contribution in [2.24, 2.45) is 10.9 Å². The molecule has 3 N–H and O–H groups in total. The molecule has 0 atom stereocenters. The molecule has 2 aromatic rings. The van der Waals surface area contributed by atoms with Crippen molar-refractivity contribution in [3.05, 3.63) is 48.2 Å². The number of anilines is 2. The molecule has 1 heterocycles. The molecule has 0 spiro atoms. The van der Waals surface area contributed by atoms with Gasteiger partial charge in [0.1, 0.15) is 0 Å². The molecule has 1 aromatic heterocycles. The topological polar surface area (TPSA) is 84.0 Å². The molecule has 110 valence electrons. The predicted octanol–water partition coefficient (Wildman–Crippen LogP) is 2.34. The van der Waals surface area contributed by atoms with Crippen LogP contribution in [0.15, 0.2) is 47.8 Å². The Morgan fingerprint density at radius 1 is 1.38 bits per heavy atom. The Labute approximate surface area is 123 Å². The fourth-order valence-corrected chi connectivity index (χ4v) is 1.96. The van der Waals surface area contributed by atoms with E-state index in [1.54, 1.807) is 12.3 Å². The van der Waals surface area contributed by atoms with Crippen LogP contribution >= 0.6 is 0 Å². The van der Waals surface area contributed by atoms with Crippen LogP contribution in [0.2, 0.25) is 0 Å². The predicted molar refractivity (Wildman–Crippen MR) is 82.4 cm³/mol. The highest BCUT2D eigenvalue weighted by molar-refractivity contribution is 5.98. The second-order valence-corrected chi connectivity index (χ2v) is 4.35. The Balaban J connectivity index is 2.38. The summed E-state index contributed by atoms with van der Waals surface area (Å²) in [6.45, 7) is 2.49. The van der Waals surface area contributed by atoms with E-state index in [4.69, 9.17) is 15.7 Å². The molecule has 6 nitrogen and oxygen atoms in total.